The number of carbonyl (C=O) groups is 2. The Morgan fingerprint density at radius 3 is 2.32 bits per heavy atom. The molecule has 0 aliphatic carbocycles. The van der Waals surface area contributed by atoms with Crippen LogP contribution in [0.25, 0.3) is 11.3 Å². The van der Waals surface area contributed by atoms with Crippen molar-refractivity contribution < 1.29 is 37.0 Å². The molecule has 0 aliphatic heterocycles. The van der Waals surface area contributed by atoms with E-state index < -0.39 is 35.1 Å². The summed E-state index contributed by atoms with van der Waals surface area (Å²) in [6.45, 7) is 12.0. The van der Waals surface area contributed by atoms with Crippen LogP contribution in [0.2, 0.25) is 0 Å². The summed E-state index contributed by atoms with van der Waals surface area (Å²) in [7, 11) is 0. The molecule has 0 fully saturated rings. The molecule has 1 amide bonds. The van der Waals surface area contributed by atoms with Crippen LogP contribution in [0, 0.1) is 5.92 Å². The average Bonchev–Trinajstić information content (AvgIpc) is 2.75. The maximum Gasteiger partial charge on any atom is 0.517 e. The van der Waals surface area contributed by atoms with Gasteiger partial charge in [0.2, 0.25) is 5.95 Å². The van der Waals surface area contributed by atoms with Gasteiger partial charge in [0.25, 0.3) is 0 Å². The lowest BCUT2D eigenvalue weighted by Gasteiger charge is -2.27. The van der Waals surface area contributed by atoms with Gasteiger partial charge in [-0.2, -0.15) is 13.2 Å². The second kappa shape index (κ2) is 12.0. The van der Waals surface area contributed by atoms with Gasteiger partial charge in [0.1, 0.15) is 18.0 Å². The van der Waals surface area contributed by atoms with Gasteiger partial charge in [-0.15, -0.1) is 0 Å². The molecule has 0 saturated heterocycles. The number of hydrogen-bond donors (Lipinski definition) is 1. The number of alkyl halides is 3. The maximum atomic E-state index is 13.9. The molecular weight excluding hydrogens is 505 g/mol. The van der Waals surface area contributed by atoms with Crippen molar-refractivity contribution >= 4 is 18.2 Å². The van der Waals surface area contributed by atoms with Gasteiger partial charge in [0, 0.05) is 23.8 Å². The Morgan fingerprint density at radius 2 is 1.76 bits per heavy atom. The van der Waals surface area contributed by atoms with Gasteiger partial charge in [0.15, 0.2) is 0 Å². The number of carbonyl (C=O) groups excluding carboxylic acids is 2. The predicted molar refractivity (Wildman–Crippen MR) is 136 cm³/mol. The fourth-order valence-electron chi connectivity index (χ4n) is 3.66. The first-order valence-corrected chi connectivity index (χ1v) is 12.1. The number of aromatic nitrogens is 2. The smallest absolute Gasteiger partial charge is 0.491 e. The third-order valence-electron chi connectivity index (χ3n) is 4.99. The molecular formula is C26H35F3N4O5. The quantitative estimate of drug-likeness (QED) is 0.311. The molecule has 2 aromatic rings. The van der Waals surface area contributed by atoms with Crippen LogP contribution in [0.3, 0.4) is 0 Å². The fourth-order valence-corrected chi connectivity index (χ4v) is 3.66. The molecule has 0 radical (unpaired) electrons. The van der Waals surface area contributed by atoms with E-state index in [2.05, 4.69) is 9.97 Å². The molecule has 0 aliphatic rings. The maximum absolute atomic E-state index is 13.9. The van der Waals surface area contributed by atoms with Crippen LogP contribution in [-0.2, 0) is 15.7 Å². The third-order valence-corrected chi connectivity index (χ3v) is 4.99. The van der Waals surface area contributed by atoms with E-state index in [1.165, 1.54) is 24.4 Å². The Hall–Kier alpha value is -3.41. The first-order chi connectivity index (χ1) is 17.4. The molecule has 1 aromatic heterocycles. The summed E-state index contributed by atoms with van der Waals surface area (Å²) < 4.78 is 57.0. The minimum Gasteiger partial charge on any atom is -0.491 e. The lowest BCUT2D eigenvalue weighted by molar-refractivity contribution is -0.139. The zero-order valence-corrected chi connectivity index (χ0v) is 22.7. The highest BCUT2D eigenvalue weighted by Crippen LogP contribution is 2.39. The number of nitrogens with zero attached hydrogens (tertiary/aromatic N) is 3. The van der Waals surface area contributed by atoms with Gasteiger partial charge in [-0.05, 0) is 71.2 Å². The van der Waals surface area contributed by atoms with E-state index in [0.717, 1.165) is 11.0 Å². The number of anilines is 1. The predicted octanol–water partition coefficient (Wildman–Crippen LogP) is 6.20. The zero-order valence-electron chi connectivity index (χ0n) is 22.7. The fraction of sp³-hybridized carbons (Fsp3) is 0.538. The Bertz CT molecular complexity index is 1130. The monoisotopic (exact) mass is 540 g/mol. The summed E-state index contributed by atoms with van der Waals surface area (Å²) in [5.74, 6) is -0.277. The number of hydrogen-bond acceptors (Lipinski definition) is 8. The molecule has 0 saturated carbocycles. The molecule has 210 valence electrons. The van der Waals surface area contributed by atoms with E-state index in [1.807, 2.05) is 13.8 Å². The van der Waals surface area contributed by atoms with Crippen molar-refractivity contribution in [2.45, 2.75) is 72.2 Å². The number of rotatable bonds is 8. The van der Waals surface area contributed by atoms with Crippen molar-refractivity contribution in [2.24, 2.45) is 11.7 Å². The first kappa shape index (κ1) is 30.8. The van der Waals surface area contributed by atoms with Gasteiger partial charge in [0.05, 0.1) is 11.3 Å². The molecule has 9 nitrogen and oxygen atoms in total. The van der Waals surface area contributed by atoms with Gasteiger partial charge in [-0.25, -0.2) is 24.5 Å². The summed E-state index contributed by atoms with van der Waals surface area (Å²) in [5.41, 5.74) is 3.73. The highest BCUT2D eigenvalue weighted by molar-refractivity contribution is 5.92. The number of benzene rings is 1. The van der Waals surface area contributed by atoms with Crippen molar-refractivity contribution in [3.05, 3.63) is 36.0 Å². The number of halogens is 3. The topological polar surface area (TPSA) is 117 Å². The Morgan fingerprint density at radius 1 is 1.11 bits per heavy atom. The van der Waals surface area contributed by atoms with Crippen LogP contribution in [0.5, 0.6) is 5.75 Å². The minimum atomic E-state index is -4.71. The van der Waals surface area contributed by atoms with E-state index >= 15 is 0 Å². The Balaban J connectivity index is 2.34. The van der Waals surface area contributed by atoms with Gasteiger partial charge < -0.3 is 19.9 Å². The van der Waals surface area contributed by atoms with Gasteiger partial charge >= 0.3 is 18.4 Å². The molecule has 38 heavy (non-hydrogen) atoms. The summed E-state index contributed by atoms with van der Waals surface area (Å²) >= 11 is 0. The summed E-state index contributed by atoms with van der Waals surface area (Å²) in [4.78, 5) is 33.6. The molecule has 2 rings (SSSR count). The van der Waals surface area contributed by atoms with Crippen LogP contribution in [0.15, 0.2) is 30.5 Å². The zero-order chi connectivity index (χ0) is 28.9. The highest BCUT2D eigenvalue weighted by atomic mass is 19.4. The van der Waals surface area contributed by atoms with Crippen LogP contribution < -0.4 is 15.4 Å². The van der Waals surface area contributed by atoms with E-state index in [4.69, 9.17) is 19.9 Å². The number of ether oxygens (including phenoxy) is 3. The van der Waals surface area contributed by atoms with E-state index in [-0.39, 0.29) is 42.0 Å². The van der Waals surface area contributed by atoms with Crippen LogP contribution in [0.1, 0.15) is 60.5 Å². The van der Waals surface area contributed by atoms with Gasteiger partial charge in [-0.3, -0.25) is 0 Å². The van der Waals surface area contributed by atoms with E-state index in [0.29, 0.717) is 6.42 Å². The van der Waals surface area contributed by atoms with Crippen molar-refractivity contribution in [1.82, 2.24) is 9.97 Å². The normalized spacial score (nSPS) is 13.6. The van der Waals surface area contributed by atoms with Crippen LogP contribution >= 0.6 is 0 Å². The Labute approximate surface area is 220 Å². The molecule has 2 N–H and O–H groups in total. The second-order valence-electron chi connectivity index (χ2n) is 10.6. The largest absolute Gasteiger partial charge is 0.517 e. The molecule has 1 unspecified atom stereocenters. The Kier molecular flexibility index (Phi) is 9.71. The van der Waals surface area contributed by atoms with Crippen molar-refractivity contribution in [3.63, 3.8) is 0 Å². The van der Waals surface area contributed by atoms with E-state index in [1.54, 1.807) is 34.6 Å². The molecule has 12 heteroatoms. The lowest BCUT2D eigenvalue weighted by atomic mass is 9.93. The van der Waals surface area contributed by atoms with Crippen molar-refractivity contribution in [3.8, 4) is 17.0 Å². The second-order valence-corrected chi connectivity index (χ2v) is 10.6. The molecule has 1 atom stereocenters. The first-order valence-electron chi connectivity index (χ1n) is 12.1. The lowest BCUT2D eigenvalue weighted by Crippen LogP contribution is -2.43. The molecule has 0 bridgehead atoms. The van der Waals surface area contributed by atoms with Crippen molar-refractivity contribution in [1.29, 1.82) is 0 Å². The van der Waals surface area contributed by atoms with E-state index in [9.17, 15) is 22.8 Å². The van der Waals surface area contributed by atoms with Crippen molar-refractivity contribution in [2.75, 3.05) is 18.1 Å². The standard InChI is InChI=1S/C26H35F3N4O5/c1-8-33(22(34)37-23(35)38-24(4,5)6)21-31-12-11-19(32-21)17-9-10-20(18(13-17)26(27,28)29)36-15-25(7,30)14-16(2)3/h9-13,16H,8,14-15,30H2,1-7H3. The molecule has 1 heterocycles. The number of nitrogens with two attached hydrogens (primary N) is 1. The summed E-state index contributed by atoms with van der Waals surface area (Å²) in [6, 6.07) is 4.93. The number of amides is 1. The SMILES string of the molecule is CCN(C(=O)OC(=O)OC(C)(C)C)c1nccc(-c2ccc(OCC(C)(N)CC(C)C)c(C(F)(F)F)c2)n1. The van der Waals surface area contributed by atoms with Gasteiger partial charge in [-0.1, -0.05) is 13.8 Å². The summed E-state index contributed by atoms with van der Waals surface area (Å²) in [6.07, 6.45) is -5.16. The van der Waals surface area contributed by atoms with Crippen LogP contribution in [0.4, 0.5) is 28.7 Å². The minimum absolute atomic E-state index is 0.0138. The highest BCUT2D eigenvalue weighted by Gasteiger charge is 2.36. The summed E-state index contributed by atoms with van der Waals surface area (Å²) in [5, 5.41) is 0. The molecule has 0 spiro atoms. The average molecular weight is 541 g/mol. The molecule has 1 aromatic carbocycles. The van der Waals surface area contributed by atoms with Crippen LogP contribution in [-0.4, -0.2) is 46.5 Å². The third kappa shape index (κ3) is 9.16.